The molecule has 0 unspecified atom stereocenters. The van der Waals surface area contributed by atoms with Crippen molar-refractivity contribution in [3.63, 3.8) is 0 Å². The van der Waals surface area contributed by atoms with E-state index in [1.807, 2.05) is 25.1 Å². The lowest BCUT2D eigenvalue weighted by atomic mass is 9.99. The number of rotatable bonds is 4. The summed E-state index contributed by atoms with van der Waals surface area (Å²) >= 11 is 1.43. The number of carbonyl (C=O) groups excluding carboxylic acids is 2. The number of H-pyrrole nitrogens is 1. The minimum absolute atomic E-state index is 0.0440. The third kappa shape index (κ3) is 3.82. The van der Waals surface area contributed by atoms with Crippen LogP contribution >= 0.6 is 11.3 Å². The Balaban J connectivity index is 1.37. The van der Waals surface area contributed by atoms with Crippen molar-refractivity contribution in [1.82, 2.24) is 20.2 Å². The van der Waals surface area contributed by atoms with E-state index in [4.69, 9.17) is 0 Å². The predicted octanol–water partition coefficient (Wildman–Crippen LogP) is 4.04. The van der Waals surface area contributed by atoms with E-state index in [2.05, 4.69) is 36.9 Å². The second-order valence-corrected chi connectivity index (χ2v) is 8.42. The first-order valence-electron chi connectivity index (χ1n) is 9.74. The number of amides is 2. The van der Waals surface area contributed by atoms with Crippen molar-refractivity contribution >= 4 is 34.0 Å². The maximum Gasteiger partial charge on any atom is 0.257 e. The van der Waals surface area contributed by atoms with Crippen LogP contribution in [0.4, 0.5) is 10.8 Å². The van der Waals surface area contributed by atoms with Gasteiger partial charge < -0.3 is 5.32 Å². The van der Waals surface area contributed by atoms with Gasteiger partial charge in [-0.1, -0.05) is 18.2 Å². The highest BCUT2D eigenvalue weighted by atomic mass is 32.1. The lowest BCUT2D eigenvalue weighted by Gasteiger charge is -2.17. The zero-order valence-electron chi connectivity index (χ0n) is 16.6. The van der Waals surface area contributed by atoms with Crippen molar-refractivity contribution in [3.05, 3.63) is 64.8 Å². The van der Waals surface area contributed by atoms with Crippen molar-refractivity contribution in [3.8, 4) is 22.6 Å². The summed E-state index contributed by atoms with van der Waals surface area (Å²) < 4.78 is 0. The molecule has 1 aliphatic heterocycles. The summed E-state index contributed by atoms with van der Waals surface area (Å²) in [5.74, 6) is 0.405. The van der Waals surface area contributed by atoms with E-state index in [0.29, 0.717) is 29.4 Å². The smallest absolute Gasteiger partial charge is 0.257 e. The average Bonchev–Trinajstić information content (AvgIpc) is 3.43. The van der Waals surface area contributed by atoms with Crippen LogP contribution in [0, 0.1) is 6.92 Å². The maximum atomic E-state index is 12.8. The third-order valence-corrected chi connectivity index (χ3v) is 5.99. The standard InChI is InChI=1S/C22H18N6O2S/c1-12-19(14-5-7-17-13(9-14)6-8-18(29)25-17)26-22(31-12)27-21(30)16-4-2-3-15(10-16)20-23-11-24-28-20/h2-5,7,9-11H,6,8H2,1H3,(H,25,29)(H,23,24,28)(H,26,27,30). The number of thiazole rings is 1. The van der Waals surface area contributed by atoms with Crippen LogP contribution in [0.1, 0.15) is 27.2 Å². The van der Waals surface area contributed by atoms with Crippen LogP contribution in [-0.4, -0.2) is 32.0 Å². The van der Waals surface area contributed by atoms with E-state index in [1.165, 1.54) is 17.7 Å². The number of hydrogen-bond donors (Lipinski definition) is 3. The summed E-state index contributed by atoms with van der Waals surface area (Å²) in [6.07, 6.45) is 2.63. The van der Waals surface area contributed by atoms with Gasteiger partial charge in [0.2, 0.25) is 5.91 Å². The number of fused-ring (bicyclic) bond motifs is 1. The summed E-state index contributed by atoms with van der Waals surface area (Å²) in [5.41, 5.74) is 5.04. The number of aromatic nitrogens is 4. The van der Waals surface area contributed by atoms with Crippen LogP contribution in [0.25, 0.3) is 22.6 Å². The topological polar surface area (TPSA) is 113 Å². The number of nitrogens with one attached hydrogen (secondary N) is 3. The lowest BCUT2D eigenvalue weighted by molar-refractivity contribution is -0.116. The molecule has 8 nitrogen and oxygen atoms in total. The van der Waals surface area contributed by atoms with Crippen LogP contribution in [0.3, 0.4) is 0 Å². The number of nitrogens with zero attached hydrogens (tertiary/aromatic N) is 3. The molecular weight excluding hydrogens is 412 g/mol. The lowest BCUT2D eigenvalue weighted by Crippen LogP contribution is -2.18. The molecule has 0 spiro atoms. The van der Waals surface area contributed by atoms with E-state index in [-0.39, 0.29) is 11.8 Å². The van der Waals surface area contributed by atoms with Gasteiger partial charge in [0.15, 0.2) is 11.0 Å². The van der Waals surface area contributed by atoms with Gasteiger partial charge in [-0.05, 0) is 43.2 Å². The number of hydrogen-bond acceptors (Lipinski definition) is 6. The fourth-order valence-corrected chi connectivity index (χ4v) is 4.40. The molecule has 9 heteroatoms. The van der Waals surface area contributed by atoms with Crippen molar-refractivity contribution in [2.45, 2.75) is 19.8 Å². The van der Waals surface area contributed by atoms with Gasteiger partial charge in [0.25, 0.3) is 5.91 Å². The van der Waals surface area contributed by atoms with Gasteiger partial charge in [0.05, 0.1) is 5.69 Å². The van der Waals surface area contributed by atoms with Crippen LogP contribution in [-0.2, 0) is 11.2 Å². The molecule has 4 aromatic rings. The molecule has 0 radical (unpaired) electrons. The van der Waals surface area contributed by atoms with Crippen molar-refractivity contribution in [2.24, 2.45) is 0 Å². The predicted molar refractivity (Wildman–Crippen MR) is 119 cm³/mol. The van der Waals surface area contributed by atoms with Crippen LogP contribution in [0.2, 0.25) is 0 Å². The zero-order chi connectivity index (χ0) is 21.4. The van der Waals surface area contributed by atoms with E-state index in [9.17, 15) is 9.59 Å². The molecule has 2 aromatic carbocycles. The Labute approximate surface area is 181 Å². The minimum Gasteiger partial charge on any atom is -0.326 e. The molecule has 3 heterocycles. The van der Waals surface area contributed by atoms with E-state index in [1.54, 1.807) is 18.2 Å². The number of carbonyl (C=O) groups is 2. The number of anilines is 2. The first kappa shape index (κ1) is 19.1. The molecule has 0 aliphatic carbocycles. The summed E-state index contributed by atoms with van der Waals surface area (Å²) in [5, 5.41) is 13.0. The van der Waals surface area contributed by atoms with E-state index >= 15 is 0 Å². The average molecular weight is 430 g/mol. The van der Waals surface area contributed by atoms with Gasteiger partial charge in [0, 0.05) is 33.7 Å². The van der Waals surface area contributed by atoms with Gasteiger partial charge in [-0.25, -0.2) is 9.97 Å². The molecule has 0 saturated heterocycles. The van der Waals surface area contributed by atoms with Crippen molar-refractivity contribution in [1.29, 1.82) is 0 Å². The normalized spacial score (nSPS) is 12.9. The van der Waals surface area contributed by atoms with Crippen LogP contribution in [0.15, 0.2) is 48.8 Å². The van der Waals surface area contributed by atoms with E-state index < -0.39 is 0 Å². The molecule has 0 bridgehead atoms. The fraction of sp³-hybridized carbons (Fsp3) is 0.136. The molecule has 1 aliphatic rings. The second-order valence-electron chi connectivity index (χ2n) is 7.21. The Hall–Kier alpha value is -3.85. The summed E-state index contributed by atoms with van der Waals surface area (Å²) in [6.45, 7) is 1.98. The summed E-state index contributed by atoms with van der Waals surface area (Å²) in [4.78, 5) is 34.1. The molecule has 2 aromatic heterocycles. The molecule has 3 N–H and O–H groups in total. The first-order valence-corrected chi connectivity index (χ1v) is 10.6. The fourth-order valence-electron chi connectivity index (χ4n) is 3.57. The molecular formula is C22H18N6O2S. The molecule has 0 atom stereocenters. The molecule has 5 rings (SSSR count). The van der Waals surface area contributed by atoms with Crippen molar-refractivity contribution < 1.29 is 9.59 Å². The Kier molecular flexibility index (Phi) is 4.79. The SMILES string of the molecule is Cc1sc(NC(=O)c2cccc(-c3ncn[nH]3)c2)nc1-c1ccc2c(c1)CCC(=O)N2. The van der Waals surface area contributed by atoms with Crippen LogP contribution in [0.5, 0.6) is 0 Å². The maximum absolute atomic E-state index is 12.8. The highest BCUT2D eigenvalue weighted by Crippen LogP contribution is 2.34. The highest BCUT2D eigenvalue weighted by Gasteiger charge is 2.18. The number of aromatic amines is 1. The number of benzene rings is 2. The largest absolute Gasteiger partial charge is 0.326 e. The Morgan fingerprint density at radius 1 is 1.13 bits per heavy atom. The van der Waals surface area contributed by atoms with Gasteiger partial charge in [-0.2, -0.15) is 5.10 Å². The van der Waals surface area contributed by atoms with Gasteiger partial charge >= 0.3 is 0 Å². The first-order chi connectivity index (χ1) is 15.1. The molecule has 31 heavy (non-hydrogen) atoms. The summed E-state index contributed by atoms with van der Waals surface area (Å²) in [6, 6.07) is 13.1. The van der Waals surface area contributed by atoms with Crippen LogP contribution < -0.4 is 10.6 Å². The summed E-state index contributed by atoms with van der Waals surface area (Å²) in [7, 11) is 0. The quantitative estimate of drug-likeness (QED) is 0.452. The molecule has 0 saturated carbocycles. The molecule has 154 valence electrons. The monoisotopic (exact) mass is 430 g/mol. The molecule has 0 fully saturated rings. The van der Waals surface area contributed by atoms with E-state index in [0.717, 1.165) is 32.9 Å². The Morgan fingerprint density at radius 3 is 2.87 bits per heavy atom. The Bertz CT molecular complexity index is 1300. The number of aryl methyl sites for hydroxylation is 2. The van der Waals surface area contributed by atoms with Gasteiger partial charge in [0.1, 0.15) is 6.33 Å². The zero-order valence-corrected chi connectivity index (χ0v) is 17.4. The third-order valence-electron chi connectivity index (χ3n) is 5.10. The highest BCUT2D eigenvalue weighted by molar-refractivity contribution is 7.16. The van der Waals surface area contributed by atoms with Gasteiger partial charge in [-0.3, -0.25) is 20.0 Å². The Morgan fingerprint density at radius 2 is 2.03 bits per heavy atom. The second kappa shape index (κ2) is 7.77. The minimum atomic E-state index is -0.241. The van der Waals surface area contributed by atoms with Gasteiger partial charge in [-0.15, -0.1) is 11.3 Å². The van der Waals surface area contributed by atoms with Crippen molar-refractivity contribution in [2.75, 3.05) is 10.6 Å². The molecule has 2 amide bonds.